The van der Waals surface area contributed by atoms with Crippen LogP contribution in [-0.2, 0) is 22.1 Å². The van der Waals surface area contributed by atoms with Crippen LogP contribution in [0, 0.1) is 5.82 Å². The highest BCUT2D eigenvalue weighted by Gasteiger charge is 2.22. The average Bonchev–Trinajstić information content (AvgIpc) is 3.12. The van der Waals surface area contributed by atoms with Gasteiger partial charge in [-0.2, -0.15) is 0 Å². The van der Waals surface area contributed by atoms with Crippen LogP contribution in [0.2, 0.25) is 5.02 Å². The summed E-state index contributed by atoms with van der Waals surface area (Å²) in [4.78, 5) is 14.0. The van der Waals surface area contributed by atoms with Crippen LogP contribution >= 0.6 is 11.6 Å². The summed E-state index contributed by atoms with van der Waals surface area (Å²) in [5.74, 6) is -1.28. The standard InChI is InChI=1S/C20H17ClFNO4S/c1-23(12-16-17(21)8-5-9-18(16)22)20(24)19-11-10-14(27-19)13-28(25,26)15-6-3-2-4-7-15/h2-11H,12-13H2,1H3. The zero-order chi connectivity index (χ0) is 20.3. The second-order valence-electron chi connectivity index (χ2n) is 6.20. The molecule has 0 atom stereocenters. The fourth-order valence-electron chi connectivity index (χ4n) is 2.65. The van der Waals surface area contributed by atoms with Crippen molar-refractivity contribution in [1.29, 1.82) is 0 Å². The summed E-state index contributed by atoms with van der Waals surface area (Å²) in [6.45, 7) is -0.0529. The van der Waals surface area contributed by atoms with Crippen LogP contribution in [0.4, 0.5) is 4.39 Å². The smallest absolute Gasteiger partial charge is 0.289 e. The average molecular weight is 422 g/mol. The topological polar surface area (TPSA) is 67.6 Å². The predicted molar refractivity (Wildman–Crippen MR) is 103 cm³/mol. The Morgan fingerprint density at radius 3 is 2.46 bits per heavy atom. The van der Waals surface area contributed by atoms with Gasteiger partial charge in [-0.1, -0.05) is 35.9 Å². The lowest BCUT2D eigenvalue weighted by molar-refractivity contribution is 0.0750. The molecule has 0 unspecified atom stereocenters. The minimum atomic E-state index is -3.59. The zero-order valence-electron chi connectivity index (χ0n) is 14.9. The molecule has 0 aliphatic rings. The lowest BCUT2D eigenvalue weighted by atomic mass is 10.2. The molecule has 1 aromatic heterocycles. The van der Waals surface area contributed by atoms with Crippen molar-refractivity contribution in [3.63, 3.8) is 0 Å². The molecular weight excluding hydrogens is 405 g/mol. The van der Waals surface area contributed by atoms with E-state index in [9.17, 15) is 17.6 Å². The highest BCUT2D eigenvalue weighted by atomic mass is 35.5. The molecule has 3 rings (SSSR count). The molecule has 2 aromatic carbocycles. The Morgan fingerprint density at radius 1 is 1.07 bits per heavy atom. The third-order valence-corrected chi connectivity index (χ3v) is 6.12. The number of hydrogen-bond donors (Lipinski definition) is 0. The van der Waals surface area contributed by atoms with E-state index in [0.717, 1.165) is 0 Å². The second-order valence-corrected chi connectivity index (χ2v) is 8.60. The Hall–Kier alpha value is -2.64. The molecule has 8 heteroatoms. The zero-order valence-corrected chi connectivity index (χ0v) is 16.5. The van der Waals surface area contributed by atoms with E-state index in [2.05, 4.69) is 0 Å². The fraction of sp³-hybridized carbons (Fsp3) is 0.150. The highest BCUT2D eigenvalue weighted by Crippen LogP contribution is 2.22. The molecule has 1 heterocycles. The number of benzene rings is 2. The predicted octanol–water partition coefficient (Wildman–Crippen LogP) is 4.32. The van der Waals surface area contributed by atoms with Crippen molar-refractivity contribution in [2.24, 2.45) is 0 Å². The molecule has 5 nitrogen and oxygen atoms in total. The van der Waals surface area contributed by atoms with E-state index in [4.69, 9.17) is 16.0 Å². The number of rotatable bonds is 6. The first kappa shape index (κ1) is 20.1. The van der Waals surface area contributed by atoms with Crippen LogP contribution in [0.3, 0.4) is 0 Å². The number of hydrogen-bond acceptors (Lipinski definition) is 4. The van der Waals surface area contributed by atoms with Gasteiger partial charge in [-0.05, 0) is 36.4 Å². The third-order valence-electron chi connectivity index (χ3n) is 4.11. The molecular formula is C20H17ClFNO4S. The van der Waals surface area contributed by atoms with Gasteiger partial charge in [-0.25, -0.2) is 12.8 Å². The maximum atomic E-state index is 13.9. The number of furan rings is 1. The number of halogens is 2. The molecule has 0 bridgehead atoms. The second kappa shape index (κ2) is 8.16. The molecule has 0 saturated carbocycles. The lowest BCUT2D eigenvalue weighted by Gasteiger charge is -2.17. The normalized spacial score (nSPS) is 11.4. The molecule has 0 spiro atoms. The van der Waals surface area contributed by atoms with Gasteiger partial charge in [0.1, 0.15) is 17.3 Å². The van der Waals surface area contributed by atoms with Gasteiger partial charge in [0.2, 0.25) is 0 Å². The summed E-state index contributed by atoms with van der Waals surface area (Å²) in [6, 6.07) is 15.1. The van der Waals surface area contributed by atoms with Crippen molar-refractivity contribution in [3.05, 3.63) is 88.6 Å². The highest BCUT2D eigenvalue weighted by molar-refractivity contribution is 7.90. The van der Waals surface area contributed by atoms with Gasteiger partial charge < -0.3 is 9.32 Å². The number of carbonyl (C=O) groups is 1. The van der Waals surface area contributed by atoms with E-state index in [1.165, 1.54) is 54.4 Å². The minimum absolute atomic E-state index is 0.0341. The van der Waals surface area contributed by atoms with Gasteiger partial charge in [0.05, 0.1) is 11.4 Å². The number of nitrogens with zero attached hydrogens (tertiary/aromatic N) is 1. The lowest BCUT2D eigenvalue weighted by Crippen LogP contribution is -2.26. The summed E-state index contributed by atoms with van der Waals surface area (Å²) >= 11 is 5.99. The number of amides is 1. The maximum absolute atomic E-state index is 13.9. The van der Waals surface area contributed by atoms with Crippen molar-refractivity contribution in [2.75, 3.05) is 7.05 Å². The van der Waals surface area contributed by atoms with Crippen LogP contribution in [0.5, 0.6) is 0 Å². The van der Waals surface area contributed by atoms with Gasteiger partial charge in [-0.15, -0.1) is 0 Å². The molecule has 28 heavy (non-hydrogen) atoms. The Labute approximate surface area is 167 Å². The molecule has 0 aliphatic heterocycles. The maximum Gasteiger partial charge on any atom is 0.289 e. The van der Waals surface area contributed by atoms with Crippen molar-refractivity contribution in [1.82, 2.24) is 4.90 Å². The fourth-order valence-corrected chi connectivity index (χ4v) is 4.14. The Morgan fingerprint density at radius 2 is 1.79 bits per heavy atom. The summed E-state index contributed by atoms with van der Waals surface area (Å²) < 4.78 is 44.2. The molecule has 0 aliphatic carbocycles. The summed E-state index contributed by atoms with van der Waals surface area (Å²) in [5, 5.41) is 0.216. The van der Waals surface area contributed by atoms with Crippen molar-refractivity contribution in [3.8, 4) is 0 Å². The SMILES string of the molecule is CN(Cc1c(F)cccc1Cl)C(=O)c1ccc(CS(=O)(=O)c2ccccc2)o1. The van der Waals surface area contributed by atoms with Gasteiger partial charge in [0.15, 0.2) is 15.6 Å². The van der Waals surface area contributed by atoms with Crippen LogP contribution in [0.1, 0.15) is 21.9 Å². The van der Waals surface area contributed by atoms with Gasteiger partial charge in [-0.3, -0.25) is 4.79 Å². The van der Waals surface area contributed by atoms with E-state index >= 15 is 0 Å². The molecule has 1 amide bonds. The minimum Gasteiger partial charge on any atom is -0.455 e. The molecule has 0 saturated heterocycles. The molecule has 0 radical (unpaired) electrons. The van der Waals surface area contributed by atoms with Crippen molar-refractivity contribution < 1.29 is 22.0 Å². The monoisotopic (exact) mass is 421 g/mol. The first-order valence-electron chi connectivity index (χ1n) is 8.33. The van der Waals surface area contributed by atoms with Gasteiger partial charge in [0, 0.05) is 17.6 Å². The van der Waals surface area contributed by atoms with Gasteiger partial charge >= 0.3 is 0 Å². The van der Waals surface area contributed by atoms with Crippen LogP contribution in [0.15, 0.2) is 70.0 Å². The van der Waals surface area contributed by atoms with Crippen LogP contribution in [0.25, 0.3) is 0 Å². The first-order chi connectivity index (χ1) is 13.3. The molecule has 3 aromatic rings. The Bertz CT molecular complexity index is 1080. The van der Waals surface area contributed by atoms with E-state index in [1.807, 2.05) is 0 Å². The van der Waals surface area contributed by atoms with Crippen LogP contribution < -0.4 is 0 Å². The quantitative estimate of drug-likeness (QED) is 0.594. The van der Waals surface area contributed by atoms with E-state index in [-0.39, 0.29) is 39.3 Å². The van der Waals surface area contributed by atoms with E-state index in [1.54, 1.807) is 18.2 Å². The van der Waals surface area contributed by atoms with E-state index < -0.39 is 21.6 Å². The van der Waals surface area contributed by atoms with Crippen molar-refractivity contribution >= 4 is 27.3 Å². The first-order valence-corrected chi connectivity index (χ1v) is 10.4. The van der Waals surface area contributed by atoms with Crippen LogP contribution in [-0.4, -0.2) is 26.3 Å². The number of carbonyl (C=O) groups excluding carboxylic acids is 1. The Balaban J connectivity index is 1.73. The molecule has 146 valence electrons. The number of sulfone groups is 1. The van der Waals surface area contributed by atoms with Crippen molar-refractivity contribution in [2.45, 2.75) is 17.2 Å². The molecule has 0 N–H and O–H groups in total. The van der Waals surface area contributed by atoms with E-state index in [0.29, 0.717) is 0 Å². The summed E-state index contributed by atoms with van der Waals surface area (Å²) in [5.41, 5.74) is 0.193. The largest absolute Gasteiger partial charge is 0.455 e. The third kappa shape index (κ3) is 4.43. The summed E-state index contributed by atoms with van der Waals surface area (Å²) in [7, 11) is -2.11. The molecule has 0 fully saturated rings. The Kier molecular flexibility index (Phi) is 5.86. The summed E-state index contributed by atoms with van der Waals surface area (Å²) in [6.07, 6.45) is 0. The van der Waals surface area contributed by atoms with Gasteiger partial charge in [0.25, 0.3) is 5.91 Å².